The van der Waals surface area contributed by atoms with Gasteiger partial charge in [-0.05, 0) is 6.42 Å². The van der Waals surface area contributed by atoms with Gasteiger partial charge < -0.3 is 0 Å². The van der Waals surface area contributed by atoms with Crippen LogP contribution in [-0.4, -0.2) is 23.7 Å². The van der Waals surface area contributed by atoms with Crippen molar-refractivity contribution in [3.8, 4) is 0 Å². The molecule has 0 saturated heterocycles. The topological polar surface area (TPSA) is 32.7 Å². The van der Waals surface area contributed by atoms with Crippen LogP contribution in [0.5, 0.6) is 0 Å². The van der Waals surface area contributed by atoms with Gasteiger partial charge in [0.15, 0.2) is 0 Å². The second kappa shape index (κ2) is 4.11. The second-order valence-electron chi connectivity index (χ2n) is 2.73. The molecule has 0 atom stereocenters. The Morgan fingerprint density at radius 3 is 3.00 bits per heavy atom. The number of hydrogen-bond acceptors (Lipinski definition) is 2. The maximum atomic E-state index is 11.0. The highest BCUT2D eigenvalue weighted by atomic mass is 16.2. The predicted molar refractivity (Wildman–Crippen MR) is 44.3 cm³/mol. The first-order valence-corrected chi connectivity index (χ1v) is 4.17. The zero-order chi connectivity index (χ0) is 8.10. The SMILES string of the molecule is CCCCCN1N=CCC1=O. The molecule has 0 aromatic heterocycles. The Kier molecular flexibility index (Phi) is 3.08. The summed E-state index contributed by atoms with van der Waals surface area (Å²) in [6.07, 6.45) is 5.60. The van der Waals surface area contributed by atoms with E-state index in [2.05, 4.69) is 12.0 Å². The quantitative estimate of drug-likeness (QED) is 0.563. The average Bonchev–Trinajstić information content (AvgIpc) is 2.37. The highest BCUT2D eigenvalue weighted by Gasteiger charge is 2.14. The number of unbranched alkanes of at least 4 members (excludes halogenated alkanes) is 2. The van der Waals surface area contributed by atoms with Crippen LogP contribution >= 0.6 is 0 Å². The normalized spacial score (nSPS) is 16.5. The summed E-state index contributed by atoms with van der Waals surface area (Å²) < 4.78 is 0. The van der Waals surface area contributed by atoms with Gasteiger partial charge in [-0.3, -0.25) is 4.79 Å². The standard InChI is InChI=1S/C8H14N2O/c1-2-3-4-7-10-8(11)5-6-9-10/h6H,2-5,7H2,1H3. The van der Waals surface area contributed by atoms with Gasteiger partial charge >= 0.3 is 0 Å². The van der Waals surface area contributed by atoms with Crippen LogP contribution in [0.2, 0.25) is 0 Å². The Balaban J connectivity index is 2.15. The van der Waals surface area contributed by atoms with Crippen molar-refractivity contribution >= 4 is 12.1 Å². The van der Waals surface area contributed by atoms with Crippen molar-refractivity contribution in [2.75, 3.05) is 6.54 Å². The number of carbonyl (C=O) groups is 1. The summed E-state index contributed by atoms with van der Waals surface area (Å²) in [5, 5.41) is 5.51. The lowest BCUT2D eigenvalue weighted by Crippen LogP contribution is -2.21. The highest BCUT2D eigenvalue weighted by Crippen LogP contribution is 2.04. The van der Waals surface area contributed by atoms with Gasteiger partial charge in [0, 0.05) is 12.8 Å². The lowest BCUT2D eigenvalue weighted by Gasteiger charge is -2.10. The third kappa shape index (κ3) is 2.33. The molecule has 1 heterocycles. The fourth-order valence-electron chi connectivity index (χ4n) is 1.08. The van der Waals surface area contributed by atoms with Crippen LogP contribution < -0.4 is 0 Å². The van der Waals surface area contributed by atoms with Gasteiger partial charge in [-0.2, -0.15) is 5.10 Å². The molecule has 0 saturated carbocycles. The van der Waals surface area contributed by atoms with Gasteiger partial charge in [-0.25, -0.2) is 5.01 Å². The van der Waals surface area contributed by atoms with Crippen molar-refractivity contribution in [3.05, 3.63) is 0 Å². The smallest absolute Gasteiger partial charge is 0.248 e. The van der Waals surface area contributed by atoms with Crippen molar-refractivity contribution in [2.45, 2.75) is 32.6 Å². The van der Waals surface area contributed by atoms with Crippen molar-refractivity contribution in [1.82, 2.24) is 5.01 Å². The Labute approximate surface area is 67.1 Å². The van der Waals surface area contributed by atoms with Gasteiger partial charge in [0.2, 0.25) is 5.91 Å². The molecule has 0 spiro atoms. The monoisotopic (exact) mass is 154 g/mol. The summed E-state index contributed by atoms with van der Waals surface area (Å²) in [6.45, 7) is 2.94. The highest BCUT2D eigenvalue weighted by molar-refractivity contribution is 5.93. The number of hydrogen-bond donors (Lipinski definition) is 0. The van der Waals surface area contributed by atoms with Gasteiger partial charge in [0.1, 0.15) is 0 Å². The molecule has 62 valence electrons. The maximum absolute atomic E-state index is 11.0. The van der Waals surface area contributed by atoms with Crippen LogP contribution in [0.25, 0.3) is 0 Å². The van der Waals surface area contributed by atoms with E-state index in [0.717, 1.165) is 13.0 Å². The van der Waals surface area contributed by atoms with E-state index < -0.39 is 0 Å². The fraction of sp³-hybridized carbons (Fsp3) is 0.750. The summed E-state index contributed by atoms with van der Waals surface area (Å²) in [5.41, 5.74) is 0. The molecule has 3 heteroatoms. The molecule has 0 aromatic rings. The summed E-state index contributed by atoms with van der Waals surface area (Å²) in [5.74, 6) is 0.140. The summed E-state index contributed by atoms with van der Waals surface area (Å²) >= 11 is 0. The van der Waals surface area contributed by atoms with Gasteiger partial charge in [0.05, 0.1) is 6.42 Å². The lowest BCUT2D eigenvalue weighted by atomic mass is 10.2. The van der Waals surface area contributed by atoms with Crippen LogP contribution in [0.15, 0.2) is 5.10 Å². The van der Waals surface area contributed by atoms with Gasteiger partial charge in [-0.1, -0.05) is 19.8 Å². The molecule has 1 aliphatic rings. The second-order valence-corrected chi connectivity index (χ2v) is 2.73. The number of nitrogens with zero attached hydrogens (tertiary/aromatic N) is 2. The largest absolute Gasteiger partial charge is 0.273 e. The molecule has 0 N–H and O–H groups in total. The minimum Gasteiger partial charge on any atom is -0.273 e. The van der Waals surface area contributed by atoms with Crippen LogP contribution in [0.3, 0.4) is 0 Å². The zero-order valence-electron chi connectivity index (χ0n) is 6.92. The Morgan fingerprint density at radius 2 is 2.45 bits per heavy atom. The van der Waals surface area contributed by atoms with Crippen molar-refractivity contribution in [3.63, 3.8) is 0 Å². The maximum Gasteiger partial charge on any atom is 0.248 e. The molecule has 0 fully saturated rings. The molecule has 1 aliphatic heterocycles. The Hall–Kier alpha value is -0.860. The van der Waals surface area contributed by atoms with E-state index in [4.69, 9.17) is 0 Å². The minimum atomic E-state index is 0.140. The average molecular weight is 154 g/mol. The van der Waals surface area contributed by atoms with Crippen LogP contribution in [-0.2, 0) is 4.79 Å². The van der Waals surface area contributed by atoms with E-state index in [-0.39, 0.29) is 5.91 Å². The van der Waals surface area contributed by atoms with E-state index in [1.165, 1.54) is 12.8 Å². The van der Waals surface area contributed by atoms with Crippen LogP contribution in [0.1, 0.15) is 32.6 Å². The summed E-state index contributed by atoms with van der Waals surface area (Å²) in [6, 6.07) is 0. The predicted octanol–water partition coefficient (Wildman–Crippen LogP) is 1.39. The molecule has 1 amide bonds. The number of amides is 1. The van der Waals surface area contributed by atoms with E-state index in [1.54, 1.807) is 11.2 Å². The first-order chi connectivity index (χ1) is 5.34. The minimum absolute atomic E-state index is 0.140. The van der Waals surface area contributed by atoms with Gasteiger partial charge in [-0.15, -0.1) is 0 Å². The number of carbonyl (C=O) groups excluding carboxylic acids is 1. The van der Waals surface area contributed by atoms with Crippen molar-refractivity contribution in [1.29, 1.82) is 0 Å². The summed E-state index contributed by atoms with van der Waals surface area (Å²) in [4.78, 5) is 11.0. The molecular formula is C8H14N2O. The molecule has 1 rings (SSSR count). The van der Waals surface area contributed by atoms with Crippen molar-refractivity contribution in [2.24, 2.45) is 5.10 Å². The molecule has 3 nitrogen and oxygen atoms in total. The van der Waals surface area contributed by atoms with E-state index in [9.17, 15) is 4.79 Å². The molecule has 0 aliphatic carbocycles. The van der Waals surface area contributed by atoms with E-state index >= 15 is 0 Å². The molecular weight excluding hydrogens is 140 g/mol. The lowest BCUT2D eigenvalue weighted by molar-refractivity contribution is -0.128. The first-order valence-electron chi connectivity index (χ1n) is 4.17. The molecule has 0 aromatic carbocycles. The zero-order valence-corrected chi connectivity index (χ0v) is 6.92. The first kappa shape index (κ1) is 8.24. The summed E-state index contributed by atoms with van der Waals surface area (Å²) in [7, 11) is 0. The Bertz CT molecular complexity index is 165. The molecule has 0 radical (unpaired) electrons. The molecule has 0 bridgehead atoms. The van der Waals surface area contributed by atoms with Crippen LogP contribution in [0.4, 0.5) is 0 Å². The van der Waals surface area contributed by atoms with E-state index in [0.29, 0.717) is 6.42 Å². The third-order valence-electron chi connectivity index (χ3n) is 1.75. The molecule has 11 heavy (non-hydrogen) atoms. The molecule has 0 unspecified atom stereocenters. The number of rotatable bonds is 4. The fourth-order valence-corrected chi connectivity index (χ4v) is 1.08. The van der Waals surface area contributed by atoms with Crippen LogP contribution in [0, 0.1) is 0 Å². The van der Waals surface area contributed by atoms with Crippen molar-refractivity contribution < 1.29 is 4.79 Å². The third-order valence-corrected chi connectivity index (χ3v) is 1.75. The Morgan fingerprint density at radius 1 is 1.64 bits per heavy atom. The van der Waals surface area contributed by atoms with E-state index in [1.807, 2.05) is 0 Å². The number of hydrazone groups is 1. The van der Waals surface area contributed by atoms with Gasteiger partial charge in [0.25, 0.3) is 0 Å².